The lowest BCUT2D eigenvalue weighted by molar-refractivity contribution is -0.914. The Balaban J connectivity index is 2.15. The molecular formula is C13H24NO3+. The van der Waals surface area contributed by atoms with Gasteiger partial charge in [0.15, 0.2) is 5.60 Å². The number of carbonyl (C=O) groups is 1. The normalized spacial score (nSPS) is 49.1. The summed E-state index contributed by atoms with van der Waals surface area (Å²) < 4.78 is 11.0. The molecule has 0 bridgehead atoms. The average molecular weight is 242 g/mol. The summed E-state index contributed by atoms with van der Waals surface area (Å²) in [5.41, 5.74) is -0.991. The first-order valence-electron chi connectivity index (χ1n) is 6.57. The van der Waals surface area contributed by atoms with Gasteiger partial charge in [-0.2, -0.15) is 0 Å². The van der Waals surface area contributed by atoms with Gasteiger partial charge in [-0.05, 0) is 20.8 Å². The van der Waals surface area contributed by atoms with E-state index in [0.717, 1.165) is 13.0 Å². The number of hydrogen-bond acceptors (Lipinski definition) is 3. The van der Waals surface area contributed by atoms with Gasteiger partial charge in [0.1, 0.15) is 5.60 Å². The predicted molar refractivity (Wildman–Crippen MR) is 63.9 cm³/mol. The highest BCUT2D eigenvalue weighted by molar-refractivity contribution is 5.84. The molecule has 0 radical (unpaired) electrons. The van der Waals surface area contributed by atoms with Crippen LogP contribution in [0.4, 0.5) is 0 Å². The summed E-state index contributed by atoms with van der Waals surface area (Å²) in [5.74, 6) is 0.201. The zero-order valence-electron chi connectivity index (χ0n) is 11.5. The molecule has 0 aromatic heterocycles. The van der Waals surface area contributed by atoms with Crippen molar-refractivity contribution < 1.29 is 19.2 Å². The van der Waals surface area contributed by atoms with Crippen molar-refractivity contribution in [2.24, 2.45) is 5.92 Å². The van der Waals surface area contributed by atoms with Crippen molar-refractivity contribution in [1.29, 1.82) is 0 Å². The zero-order chi connectivity index (χ0) is 12.8. The SMILES string of the molecule is CCOC(=O)[C@@]1(C)O[C@@]12C[C@@H](C)[NH+](C)C[C@@H]2C. The molecule has 0 aromatic rings. The number of rotatable bonds is 2. The number of nitrogens with one attached hydrogen (secondary N) is 1. The van der Waals surface area contributed by atoms with Crippen LogP contribution < -0.4 is 4.90 Å². The van der Waals surface area contributed by atoms with E-state index in [1.54, 1.807) is 0 Å². The highest BCUT2D eigenvalue weighted by atomic mass is 16.7. The van der Waals surface area contributed by atoms with E-state index in [2.05, 4.69) is 20.9 Å². The largest absolute Gasteiger partial charge is 0.464 e. The van der Waals surface area contributed by atoms with Crippen LogP contribution in [-0.2, 0) is 14.3 Å². The molecule has 2 saturated heterocycles. The molecule has 4 nitrogen and oxygen atoms in total. The number of carbonyl (C=O) groups excluding carboxylic acids is 1. The van der Waals surface area contributed by atoms with Gasteiger partial charge in [0.25, 0.3) is 0 Å². The molecule has 5 atom stereocenters. The van der Waals surface area contributed by atoms with Crippen LogP contribution in [0.15, 0.2) is 0 Å². The van der Waals surface area contributed by atoms with Crippen LogP contribution in [0, 0.1) is 5.92 Å². The van der Waals surface area contributed by atoms with Crippen molar-refractivity contribution in [2.75, 3.05) is 20.2 Å². The lowest BCUT2D eigenvalue weighted by atomic mass is 9.76. The molecule has 98 valence electrons. The minimum absolute atomic E-state index is 0.196. The third-order valence-electron chi connectivity index (χ3n) is 4.69. The zero-order valence-corrected chi connectivity index (χ0v) is 11.5. The minimum Gasteiger partial charge on any atom is -0.464 e. The Labute approximate surface area is 103 Å². The molecule has 1 N–H and O–H groups in total. The van der Waals surface area contributed by atoms with Crippen molar-refractivity contribution >= 4 is 5.97 Å². The van der Waals surface area contributed by atoms with Gasteiger partial charge in [-0.1, -0.05) is 6.92 Å². The van der Waals surface area contributed by atoms with Crippen LogP contribution >= 0.6 is 0 Å². The second kappa shape index (κ2) is 3.95. The van der Waals surface area contributed by atoms with Gasteiger partial charge in [-0.25, -0.2) is 4.79 Å². The van der Waals surface area contributed by atoms with Crippen LogP contribution in [0.1, 0.15) is 34.1 Å². The first-order valence-corrected chi connectivity index (χ1v) is 6.57. The topological polar surface area (TPSA) is 43.3 Å². The predicted octanol–water partition coefficient (Wildman–Crippen LogP) is 0.0202. The van der Waals surface area contributed by atoms with Crippen molar-refractivity contribution in [3.63, 3.8) is 0 Å². The van der Waals surface area contributed by atoms with E-state index < -0.39 is 5.60 Å². The highest BCUT2D eigenvalue weighted by Crippen LogP contribution is 2.56. The van der Waals surface area contributed by atoms with Crippen LogP contribution in [0.2, 0.25) is 0 Å². The molecule has 0 aromatic carbocycles. The Morgan fingerprint density at radius 3 is 2.76 bits per heavy atom. The lowest BCUT2D eigenvalue weighted by Gasteiger charge is -2.36. The van der Waals surface area contributed by atoms with Gasteiger partial charge in [0.05, 0.1) is 26.2 Å². The molecule has 2 heterocycles. The number of hydrogen-bond donors (Lipinski definition) is 1. The minimum atomic E-state index is -0.711. The molecular weight excluding hydrogens is 218 g/mol. The number of epoxide rings is 1. The maximum absolute atomic E-state index is 12.0. The number of likely N-dealkylation sites (tertiary alicyclic amines) is 1. The summed E-state index contributed by atoms with van der Waals surface area (Å²) in [6.45, 7) is 9.59. The summed E-state index contributed by atoms with van der Waals surface area (Å²) in [5, 5.41) is 0. The summed E-state index contributed by atoms with van der Waals surface area (Å²) in [6, 6.07) is 0.530. The Hall–Kier alpha value is -0.610. The number of quaternary nitrogens is 1. The molecule has 0 aliphatic carbocycles. The van der Waals surface area contributed by atoms with Crippen LogP contribution in [0.25, 0.3) is 0 Å². The van der Waals surface area contributed by atoms with E-state index in [4.69, 9.17) is 9.47 Å². The van der Waals surface area contributed by atoms with Gasteiger partial charge in [0, 0.05) is 12.3 Å². The molecule has 17 heavy (non-hydrogen) atoms. The summed E-state index contributed by atoms with van der Waals surface area (Å²) in [7, 11) is 2.21. The fourth-order valence-corrected chi connectivity index (χ4v) is 3.31. The quantitative estimate of drug-likeness (QED) is 0.548. The first-order chi connectivity index (χ1) is 7.87. The van der Waals surface area contributed by atoms with Gasteiger partial charge in [0.2, 0.25) is 0 Å². The fourth-order valence-electron chi connectivity index (χ4n) is 3.31. The highest BCUT2D eigenvalue weighted by Gasteiger charge is 2.76. The molecule has 2 aliphatic rings. The summed E-state index contributed by atoms with van der Waals surface area (Å²) >= 11 is 0. The average Bonchev–Trinajstić information content (AvgIpc) is 2.85. The number of esters is 1. The molecule has 1 unspecified atom stereocenters. The van der Waals surface area contributed by atoms with Crippen molar-refractivity contribution in [2.45, 2.75) is 51.4 Å². The molecule has 1 spiro atoms. The van der Waals surface area contributed by atoms with E-state index in [0.29, 0.717) is 18.6 Å². The second-order valence-electron chi connectivity index (χ2n) is 5.80. The van der Waals surface area contributed by atoms with E-state index in [-0.39, 0.29) is 11.6 Å². The van der Waals surface area contributed by atoms with Crippen molar-refractivity contribution in [3.05, 3.63) is 0 Å². The Kier molecular flexibility index (Phi) is 2.99. The molecule has 0 saturated carbocycles. The molecule has 4 heteroatoms. The van der Waals surface area contributed by atoms with Gasteiger partial charge < -0.3 is 14.4 Å². The van der Waals surface area contributed by atoms with Crippen LogP contribution in [0.3, 0.4) is 0 Å². The van der Waals surface area contributed by atoms with E-state index in [1.165, 1.54) is 4.90 Å². The molecule has 2 aliphatic heterocycles. The van der Waals surface area contributed by atoms with Crippen molar-refractivity contribution in [1.82, 2.24) is 0 Å². The Morgan fingerprint density at radius 1 is 1.53 bits per heavy atom. The van der Waals surface area contributed by atoms with Gasteiger partial charge in [-0.15, -0.1) is 0 Å². The van der Waals surface area contributed by atoms with Gasteiger partial charge >= 0.3 is 5.97 Å². The fraction of sp³-hybridized carbons (Fsp3) is 0.923. The van der Waals surface area contributed by atoms with Crippen LogP contribution in [-0.4, -0.2) is 43.4 Å². The van der Waals surface area contributed by atoms with E-state index in [9.17, 15) is 4.79 Å². The summed E-state index contributed by atoms with van der Waals surface area (Å²) in [6.07, 6.45) is 0.940. The molecule has 2 rings (SSSR count). The number of ether oxygens (including phenoxy) is 2. The monoisotopic (exact) mass is 242 g/mol. The lowest BCUT2D eigenvalue weighted by Crippen LogP contribution is -3.15. The third kappa shape index (κ3) is 1.69. The Morgan fingerprint density at radius 2 is 2.18 bits per heavy atom. The van der Waals surface area contributed by atoms with E-state index >= 15 is 0 Å². The number of piperidine rings is 1. The van der Waals surface area contributed by atoms with Crippen molar-refractivity contribution in [3.8, 4) is 0 Å². The smallest absolute Gasteiger partial charge is 0.341 e. The standard InChI is InChI=1S/C13H23NO3/c1-6-16-11(15)12(4)13(17-12)7-10(3)14(5)8-9(13)2/h9-10H,6-8H2,1-5H3/p+1/t9-,10+,12+,13+/m0/s1. The van der Waals surface area contributed by atoms with Gasteiger partial charge in [-0.3, -0.25) is 0 Å². The summed E-state index contributed by atoms with van der Waals surface area (Å²) in [4.78, 5) is 13.5. The Bertz CT molecular complexity index is 333. The van der Waals surface area contributed by atoms with E-state index in [1.807, 2.05) is 13.8 Å². The first kappa shape index (κ1) is 12.8. The van der Waals surface area contributed by atoms with Crippen LogP contribution in [0.5, 0.6) is 0 Å². The molecule has 0 amide bonds. The maximum Gasteiger partial charge on any atom is 0.341 e. The second-order valence-corrected chi connectivity index (χ2v) is 5.80. The third-order valence-corrected chi connectivity index (χ3v) is 4.69. The molecule has 2 fully saturated rings. The maximum atomic E-state index is 12.0.